The van der Waals surface area contributed by atoms with E-state index >= 15 is 4.39 Å². The molecule has 0 saturated heterocycles. The summed E-state index contributed by atoms with van der Waals surface area (Å²) in [4.78, 5) is 4.36. The summed E-state index contributed by atoms with van der Waals surface area (Å²) < 4.78 is 99.7. The molecule has 0 radical (unpaired) electrons. The van der Waals surface area contributed by atoms with Crippen molar-refractivity contribution >= 4 is 15.5 Å². The number of benzene rings is 2. The van der Waals surface area contributed by atoms with Crippen molar-refractivity contribution in [2.75, 3.05) is 13.7 Å². The van der Waals surface area contributed by atoms with Gasteiger partial charge in [-0.25, -0.2) is 17.2 Å². The Morgan fingerprint density at radius 1 is 1.09 bits per heavy atom. The maximum atomic E-state index is 15.1. The number of sulfone groups is 1. The highest BCUT2D eigenvalue weighted by atomic mass is 32.2. The monoisotopic (exact) mass is 475 g/mol. The van der Waals surface area contributed by atoms with Crippen molar-refractivity contribution in [3.05, 3.63) is 59.2 Å². The van der Waals surface area contributed by atoms with Crippen molar-refractivity contribution < 1.29 is 39.9 Å². The van der Waals surface area contributed by atoms with Crippen molar-refractivity contribution in [2.45, 2.75) is 35.1 Å². The SMILES string of the molecule is CO/N=C1/CC[C@@]2(S(=O)(=O)c3ccc(C(F)(F)F)cc3)c3c(F)ccc(F)c3OC[C@H]2C1. The third-order valence-corrected chi connectivity index (χ3v) is 8.62. The summed E-state index contributed by atoms with van der Waals surface area (Å²) >= 11 is 0. The lowest BCUT2D eigenvalue weighted by Crippen LogP contribution is -2.52. The topological polar surface area (TPSA) is 65.0 Å². The molecule has 0 unspecified atom stereocenters. The van der Waals surface area contributed by atoms with Crippen LogP contribution in [-0.2, 0) is 25.6 Å². The molecule has 0 aromatic heterocycles. The normalized spacial score (nSPS) is 24.4. The second-order valence-corrected chi connectivity index (χ2v) is 9.91. The third kappa shape index (κ3) is 3.33. The molecule has 1 aliphatic carbocycles. The molecule has 11 heteroatoms. The first-order chi connectivity index (χ1) is 15.0. The van der Waals surface area contributed by atoms with Crippen molar-refractivity contribution in [3.63, 3.8) is 0 Å². The Bertz CT molecular complexity index is 1180. The Hall–Kier alpha value is -2.69. The van der Waals surface area contributed by atoms with Crippen molar-refractivity contribution in [3.8, 4) is 5.75 Å². The highest BCUT2D eigenvalue weighted by molar-refractivity contribution is 7.92. The molecule has 0 amide bonds. The van der Waals surface area contributed by atoms with Gasteiger partial charge in [-0.1, -0.05) is 5.16 Å². The van der Waals surface area contributed by atoms with Crippen LogP contribution in [0.15, 0.2) is 46.4 Å². The van der Waals surface area contributed by atoms with Crippen LogP contribution in [0.1, 0.15) is 30.4 Å². The lowest BCUT2D eigenvalue weighted by atomic mass is 9.72. The van der Waals surface area contributed by atoms with Gasteiger partial charge in [0.15, 0.2) is 21.4 Å². The number of hydrogen-bond acceptors (Lipinski definition) is 5. The quantitative estimate of drug-likeness (QED) is 0.471. The Labute approximate surface area is 180 Å². The van der Waals surface area contributed by atoms with Gasteiger partial charge in [-0.15, -0.1) is 0 Å². The van der Waals surface area contributed by atoms with Crippen LogP contribution < -0.4 is 4.74 Å². The molecule has 0 N–H and O–H groups in total. The van der Waals surface area contributed by atoms with E-state index in [0.29, 0.717) is 17.8 Å². The molecule has 1 saturated carbocycles. The van der Waals surface area contributed by atoms with Gasteiger partial charge in [0, 0.05) is 5.92 Å². The molecule has 2 aromatic carbocycles. The average Bonchev–Trinajstić information content (AvgIpc) is 2.75. The summed E-state index contributed by atoms with van der Waals surface area (Å²) in [6, 6.07) is 4.66. The maximum Gasteiger partial charge on any atom is 0.416 e. The van der Waals surface area contributed by atoms with Crippen LogP contribution in [0.2, 0.25) is 0 Å². The van der Waals surface area contributed by atoms with Crippen molar-refractivity contribution in [2.24, 2.45) is 11.1 Å². The predicted octanol–water partition coefficient (Wildman–Crippen LogP) is 4.85. The second-order valence-electron chi connectivity index (χ2n) is 7.70. The van der Waals surface area contributed by atoms with Gasteiger partial charge in [-0.3, -0.25) is 0 Å². The van der Waals surface area contributed by atoms with Gasteiger partial charge in [-0.2, -0.15) is 13.2 Å². The van der Waals surface area contributed by atoms with Crippen LogP contribution in [0, 0.1) is 17.6 Å². The third-order valence-electron chi connectivity index (χ3n) is 6.03. The molecule has 0 bridgehead atoms. The second kappa shape index (κ2) is 7.72. The molecule has 1 aliphatic heterocycles. The number of oxime groups is 1. The lowest BCUT2D eigenvalue weighted by Gasteiger charge is -2.47. The average molecular weight is 475 g/mol. The predicted molar refractivity (Wildman–Crippen MR) is 104 cm³/mol. The molecule has 2 atom stereocenters. The van der Waals surface area contributed by atoms with Gasteiger partial charge < -0.3 is 9.57 Å². The van der Waals surface area contributed by atoms with Crippen LogP contribution in [0.3, 0.4) is 0 Å². The number of alkyl halides is 3. The number of nitrogens with zero attached hydrogens (tertiary/aromatic N) is 1. The molecular weight excluding hydrogens is 457 g/mol. The minimum Gasteiger partial charge on any atom is -0.490 e. The zero-order valence-electron chi connectivity index (χ0n) is 16.7. The van der Waals surface area contributed by atoms with E-state index in [4.69, 9.17) is 9.57 Å². The number of hydrogen-bond donors (Lipinski definition) is 0. The summed E-state index contributed by atoms with van der Waals surface area (Å²) in [5, 5.41) is 3.87. The molecule has 172 valence electrons. The van der Waals surface area contributed by atoms with Gasteiger partial charge in [0.1, 0.15) is 17.7 Å². The highest BCUT2D eigenvalue weighted by Crippen LogP contribution is 2.56. The summed E-state index contributed by atoms with van der Waals surface area (Å²) in [6.45, 7) is -0.240. The van der Waals surface area contributed by atoms with E-state index in [1.165, 1.54) is 7.11 Å². The Kier molecular flexibility index (Phi) is 5.43. The van der Waals surface area contributed by atoms with Crippen molar-refractivity contribution in [1.82, 2.24) is 0 Å². The summed E-state index contributed by atoms with van der Waals surface area (Å²) in [7, 11) is -3.16. The van der Waals surface area contributed by atoms with E-state index in [0.717, 1.165) is 24.3 Å². The smallest absolute Gasteiger partial charge is 0.416 e. The fourth-order valence-corrected chi connectivity index (χ4v) is 6.93. The highest BCUT2D eigenvalue weighted by Gasteiger charge is 2.59. The molecule has 32 heavy (non-hydrogen) atoms. The Morgan fingerprint density at radius 3 is 2.38 bits per heavy atom. The molecule has 2 aliphatic rings. The number of fused-ring (bicyclic) bond motifs is 3. The standard InChI is InChI=1S/C21H18F5NO4S/c1-30-27-14-8-9-20(32(28,29)15-4-2-12(3-5-15)21(24,25)26)13(10-14)11-31-19-17(23)7-6-16(22)18(19)20/h2-7,13H,8-11H2,1H3/b27-14-/t13-,20+/m1/s1. The fraction of sp³-hybridized carbons (Fsp3) is 0.381. The van der Waals surface area contributed by atoms with E-state index in [1.807, 2.05) is 0 Å². The maximum absolute atomic E-state index is 15.1. The van der Waals surface area contributed by atoms with E-state index in [9.17, 15) is 26.0 Å². The minimum absolute atomic E-state index is 0.0725. The summed E-state index contributed by atoms with van der Waals surface area (Å²) in [6.07, 6.45) is -4.64. The molecule has 4 rings (SSSR count). The Balaban J connectivity index is 1.94. The zero-order valence-corrected chi connectivity index (χ0v) is 17.6. The molecule has 1 heterocycles. The van der Waals surface area contributed by atoms with Gasteiger partial charge in [0.05, 0.1) is 28.3 Å². The van der Waals surface area contributed by atoms with Crippen LogP contribution >= 0.6 is 0 Å². The molecular formula is C21H18F5NO4S. The van der Waals surface area contributed by atoms with Gasteiger partial charge >= 0.3 is 6.18 Å². The lowest BCUT2D eigenvalue weighted by molar-refractivity contribution is -0.137. The van der Waals surface area contributed by atoms with Gasteiger partial charge in [0.2, 0.25) is 0 Å². The molecule has 1 fully saturated rings. The summed E-state index contributed by atoms with van der Waals surface area (Å²) in [5.74, 6) is -3.24. The number of ether oxygens (including phenoxy) is 1. The minimum atomic E-state index is -4.65. The molecule has 5 nitrogen and oxygen atoms in total. The van der Waals surface area contributed by atoms with Crippen molar-refractivity contribution in [1.29, 1.82) is 0 Å². The first-order valence-electron chi connectivity index (χ1n) is 9.64. The zero-order chi connectivity index (χ0) is 23.3. The van der Waals surface area contributed by atoms with Crippen LogP contribution in [0.4, 0.5) is 22.0 Å². The van der Waals surface area contributed by atoms with Crippen LogP contribution in [0.5, 0.6) is 5.75 Å². The van der Waals surface area contributed by atoms with Crippen LogP contribution in [0.25, 0.3) is 0 Å². The van der Waals surface area contributed by atoms with E-state index in [1.54, 1.807) is 0 Å². The van der Waals surface area contributed by atoms with Gasteiger partial charge in [0.25, 0.3) is 0 Å². The first-order valence-corrected chi connectivity index (χ1v) is 11.1. The number of rotatable bonds is 3. The molecule has 2 aromatic rings. The first kappa shape index (κ1) is 22.5. The molecule has 0 spiro atoms. The van der Waals surface area contributed by atoms with E-state index < -0.39 is 60.1 Å². The van der Waals surface area contributed by atoms with E-state index in [-0.39, 0.29) is 25.9 Å². The largest absolute Gasteiger partial charge is 0.490 e. The van der Waals surface area contributed by atoms with E-state index in [2.05, 4.69) is 5.16 Å². The summed E-state index contributed by atoms with van der Waals surface area (Å²) in [5.41, 5.74) is -0.932. The van der Waals surface area contributed by atoms with Gasteiger partial charge in [-0.05, 0) is 55.7 Å². The number of halogens is 5. The van der Waals surface area contributed by atoms with Crippen LogP contribution in [-0.4, -0.2) is 27.8 Å². The fourth-order valence-electron chi connectivity index (χ4n) is 4.59. The Morgan fingerprint density at radius 2 is 1.75 bits per heavy atom.